The SMILES string of the molecule is CN(CC(=O)Nc1ccccc1Br)C(=O)C1CC(=O)N(c2ccccc2)C1. The topological polar surface area (TPSA) is 69.7 Å². The molecule has 1 unspecified atom stereocenters. The molecule has 0 aliphatic carbocycles. The van der Waals surface area contributed by atoms with Crippen molar-refractivity contribution >= 4 is 45.0 Å². The molecule has 0 bridgehead atoms. The Balaban J connectivity index is 1.58. The number of para-hydroxylation sites is 2. The van der Waals surface area contributed by atoms with E-state index in [4.69, 9.17) is 0 Å². The van der Waals surface area contributed by atoms with E-state index in [0.717, 1.165) is 10.2 Å². The highest BCUT2D eigenvalue weighted by Gasteiger charge is 2.36. The molecule has 3 amide bonds. The van der Waals surface area contributed by atoms with Crippen molar-refractivity contribution in [3.63, 3.8) is 0 Å². The number of halogens is 1. The van der Waals surface area contributed by atoms with Gasteiger partial charge in [0.05, 0.1) is 18.2 Å². The predicted molar refractivity (Wildman–Crippen MR) is 107 cm³/mol. The molecule has 6 nitrogen and oxygen atoms in total. The van der Waals surface area contributed by atoms with Crippen molar-refractivity contribution in [2.75, 3.05) is 30.4 Å². The lowest BCUT2D eigenvalue weighted by Crippen LogP contribution is -2.39. The average molecular weight is 430 g/mol. The Kier molecular flexibility index (Phi) is 5.91. The summed E-state index contributed by atoms with van der Waals surface area (Å²) in [4.78, 5) is 40.2. The van der Waals surface area contributed by atoms with E-state index in [9.17, 15) is 14.4 Å². The van der Waals surface area contributed by atoms with E-state index in [2.05, 4.69) is 21.2 Å². The standard InChI is InChI=1S/C20H20BrN3O3/c1-23(13-18(25)22-17-10-6-5-9-16(17)21)20(27)14-11-19(26)24(12-14)15-7-3-2-4-8-15/h2-10,14H,11-13H2,1H3,(H,22,25). The highest BCUT2D eigenvalue weighted by molar-refractivity contribution is 9.10. The van der Waals surface area contributed by atoms with Crippen LogP contribution in [0, 0.1) is 5.92 Å². The molecule has 7 heteroatoms. The van der Waals surface area contributed by atoms with Gasteiger partial charge in [-0.2, -0.15) is 0 Å². The summed E-state index contributed by atoms with van der Waals surface area (Å²) in [6.45, 7) is 0.258. The van der Waals surface area contributed by atoms with Crippen molar-refractivity contribution in [3.05, 3.63) is 59.1 Å². The van der Waals surface area contributed by atoms with Crippen LogP contribution in [-0.2, 0) is 14.4 Å². The van der Waals surface area contributed by atoms with Crippen molar-refractivity contribution < 1.29 is 14.4 Å². The van der Waals surface area contributed by atoms with Crippen LogP contribution in [0.15, 0.2) is 59.1 Å². The summed E-state index contributed by atoms with van der Waals surface area (Å²) >= 11 is 3.37. The van der Waals surface area contributed by atoms with Gasteiger partial charge in [-0.25, -0.2) is 0 Å². The van der Waals surface area contributed by atoms with Gasteiger partial charge in [0.15, 0.2) is 0 Å². The Morgan fingerprint density at radius 1 is 1.15 bits per heavy atom. The molecule has 0 spiro atoms. The van der Waals surface area contributed by atoms with Crippen molar-refractivity contribution in [1.29, 1.82) is 0 Å². The molecule has 1 N–H and O–H groups in total. The molecule has 0 radical (unpaired) electrons. The van der Waals surface area contributed by atoms with Gasteiger partial charge in [-0.3, -0.25) is 14.4 Å². The van der Waals surface area contributed by atoms with E-state index in [0.29, 0.717) is 12.2 Å². The van der Waals surface area contributed by atoms with Crippen LogP contribution in [0.3, 0.4) is 0 Å². The first kappa shape index (κ1) is 19.1. The molecule has 27 heavy (non-hydrogen) atoms. The second kappa shape index (κ2) is 8.35. The summed E-state index contributed by atoms with van der Waals surface area (Å²) in [7, 11) is 1.58. The molecule has 3 rings (SSSR count). The van der Waals surface area contributed by atoms with E-state index < -0.39 is 5.92 Å². The molecule has 1 aliphatic rings. The maximum Gasteiger partial charge on any atom is 0.244 e. The summed E-state index contributed by atoms with van der Waals surface area (Å²) in [5.41, 5.74) is 1.43. The van der Waals surface area contributed by atoms with Crippen LogP contribution in [0.5, 0.6) is 0 Å². The molecule has 1 heterocycles. The van der Waals surface area contributed by atoms with Crippen LogP contribution in [0.1, 0.15) is 6.42 Å². The Bertz CT molecular complexity index is 857. The Morgan fingerprint density at radius 2 is 1.81 bits per heavy atom. The highest BCUT2D eigenvalue weighted by Crippen LogP contribution is 2.26. The number of likely N-dealkylation sites (N-methyl/N-ethyl adjacent to an activating group) is 1. The summed E-state index contributed by atoms with van der Waals surface area (Å²) < 4.78 is 0.771. The smallest absolute Gasteiger partial charge is 0.244 e. The van der Waals surface area contributed by atoms with Gasteiger partial charge >= 0.3 is 0 Å². The highest BCUT2D eigenvalue weighted by atomic mass is 79.9. The van der Waals surface area contributed by atoms with Crippen LogP contribution < -0.4 is 10.2 Å². The molecule has 0 aromatic heterocycles. The second-order valence-corrected chi connectivity index (χ2v) is 7.32. The van der Waals surface area contributed by atoms with Gasteiger partial charge in [-0.05, 0) is 40.2 Å². The van der Waals surface area contributed by atoms with Gasteiger partial charge in [-0.1, -0.05) is 30.3 Å². The number of carbonyl (C=O) groups excluding carboxylic acids is 3. The zero-order valence-electron chi connectivity index (χ0n) is 14.9. The number of nitrogens with zero attached hydrogens (tertiary/aromatic N) is 2. The minimum absolute atomic E-state index is 0.0732. The molecule has 1 aliphatic heterocycles. The van der Waals surface area contributed by atoms with E-state index in [1.165, 1.54) is 4.90 Å². The number of anilines is 2. The Labute approximate surface area is 166 Å². The maximum absolute atomic E-state index is 12.7. The van der Waals surface area contributed by atoms with E-state index in [1.54, 1.807) is 18.0 Å². The van der Waals surface area contributed by atoms with Gasteiger partial charge in [-0.15, -0.1) is 0 Å². The molecule has 2 aromatic carbocycles. The van der Waals surface area contributed by atoms with Crippen molar-refractivity contribution in [1.82, 2.24) is 4.90 Å². The third-order valence-electron chi connectivity index (χ3n) is 4.45. The lowest BCUT2D eigenvalue weighted by atomic mass is 10.1. The van der Waals surface area contributed by atoms with Crippen LogP contribution in [-0.4, -0.2) is 42.8 Å². The Hall–Kier alpha value is -2.67. The summed E-state index contributed by atoms with van der Waals surface area (Å²) in [6.07, 6.45) is 0.157. The molecule has 1 atom stereocenters. The van der Waals surface area contributed by atoms with Crippen LogP contribution in [0.2, 0.25) is 0 Å². The third kappa shape index (κ3) is 4.54. The van der Waals surface area contributed by atoms with E-state index in [1.807, 2.05) is 48.5 Å². The number of benzene rings is 2. The van der Waals surface area contributed by atoms with E-state index >= 15 is 0 Å². The number of amides is 3. The molecule has 1 saturated heterocycles. The normalized spacial score (nSPS) is 16.3. The number of hydrogen-bond acceptors (Lipinski definition) is 3. The molecule has 140 valence electrons. The second-order valence-electron chi connectivity index (χ2n) is 6.46. The fraction of sp³-hybridized carbons (Fsp3) is 0.250. The maximum atomic E-state index is 12.7. The lowest BCUT2D eigenvalue weighted by Gasteiger charge is -2.21. The summed E-state index contributed by atoms with van der Waals surface area (Å²) in [5, 5.41) is 2.77. The molecule has 1 fully saturated rings. The molecule has 2 aromatic rings. The predicted octanol–water partition coefficient (Wildman–Crippen LogP) is 2.90. The van der Waals surface area contributed by atoms with Gasteiger partial charge < -0.3 is 15.1 Å². The van der Waals surface area contributed by atoms with Crippen molar-refractivity contribution in [2.45, 2.75) is 6.42 Å². The molecular formula is C20H20BrN3O3. The fourth-order valence-electron chi connectivity index (χ4n) is 3.09. The minimum Gasteiger partial charge on any atom is -0.336 e. The number of rotatable bonds is 5. The summed E-state index contributed by atoms with van der Waals surface area (Å²) in [6, 6.07) is 16.6. The largest absolute Gasteiger partial charge is 0.336 e. The van der Waals surface area contributed by atoms with Crippen molar-refractivity contribution in [3.8, 4) is 0 Å². The quantitative estimate of drug-likeness (QED) is 0.793. The van der Waals surface area contributed by atoms with Gasteiger partial charge in [0.2, 0.25) is 17.7 Å². The zero-order chi connectivity index (χ0) is 19.4. The van der Waals surface area contributed by atoms with Crippen LogP contribution in [0.4, 0.5) is 11.4 Å². The fourth-order valence-corrected chi connectivity index (χ4v) is 3.47. The first-order valence-corrected chi connectivity index (χ1v) is 9.40. The lowest BCUT2D eigenvalue weighted by molar-refractivity contribution is -0.137. The van der Waals surface area contributed by atoms with Crippen LogP contribution >= 0.6 is 15.9 Å². The summed E-state index contributed by atoms with van der Waals surface area (Å²) in [5.74, 6) is -1.02. The first-order chi connectivity index (χ1) is 13.0. The number of nitrogens with one attached hydrogen (secondary N) is 1. The van der Waals surface area contributed by atoms with Crippen molar-refractivity contribution in [2.24, 2.45) is 5.92 Å². The molecule has 0 saturated carbocycles. The van der Waals surface area contributed by atoms with Gasteiger partial charge in [0.25, 0.3) is 0 Å². The first-order valence-electron chi connectivity index (χ1n) is 8.60. The Morgan fingerprint density at radius 3 is 2.52 bits per heavy atom. The third-order valence-corrected chi connectivity index (χ3v) is 5.14. The molecular weight excluding hydrogens is 410 g/mol. The number of hydrogen-bond donors (Lipinski definition) is 1. The zero-order valence-corrected chi connectivity index (χ0v) is 16.5. The van der Waals surface area contributed by atoms with Crippen LogP contribution in [0.25, 0.3) is 0 Å². The average Bonchev–Trinajstić information content (AvgIpc) is 3.05. The number of carbonyl (C=O) groups is 3. The monoisotopic (exact) mass is 429 g/mol. The minimum atomic E-state index is -0.445. The van der Waals surface area contributed by atoms with Gasteiger partial charge in [0, 0.05) is 30.2 Å². The van der Waals surface area contributed by atoms with E-state index in [-0.39, 0.29) is 30.7 Å². The van der Waals surface area contributed by atoms with Gasteiger partial charge in [0.1, 0.15) is 0 Å².